The predicted molar refractivity (Wildman–Crippen MR) is 91.0 cm³/mol. The average molecular weight is 356 g/mol. The maximum Gasteiger partial charge on any atom is 0.291 e. The maximum absolute atomic E-state index is 12.2. The first-order chi connectivity index (χ1) is 10.6. The highest BCUT2D eigenvalue weighted by atomic mass is 79.9. The van der Waals surface area contributed by atoms with Gasteiger partial charge in [0.25, 0.3) is 5.91 Å². The molecule has 0 saturated carbocycles. The van der Waals surface area contributed by atoms with Gasteiger partial charge >= 0.3 is 0 Å². The summed E-state index contributed by atoms with van der Waals surface area (Å²) < 4.78 is 6.65. The molecule has 3 rings (SSSR count). The predicted octanol–water partition coefficient (Wildman–Crippen LogP) is 5.27. The van der Waals surface area contributed by atoms with Crippen molar-refractivity contribution >= 4 is 27.5 Å². The second-order valence-electron chi connectivity index (χ2n) is 4.99. The van der Waals surface area contributed by atoms with E-state index in [1.54, 1.807) is 12.1 Å². The number of hydrogen-bond acceptors (Lipinski definition) is 2. The van der Waals surface area contributed by atoms with Crippen LogP contribution in [0.4, 0.5) is 5.69 Å². The first-order valence-corrected chi connectivity index (χ1v) is 7.65. The lowest BCUT2D eigenvalue weighted by atomic mass is 10.2. The minimum atomic E-state index is -0.256. The fourth-order valence-electron chi connectivity index (χ4n) is 2.14. The van der Waals surface area contributed by atoms with E-state index in [4.69, 9.17) is 4.42 Å². The topological polar surface area (TPSA) is 42.2 Å². The second-order valence-corrected chi connectivity index (χ2v) is 5.91. The van der Waals surface area contributed by atoms with Gasteiger partial charge in [0.15, 0.2) is 5.76 Å². The van der Waals surface area contributed by atoms with Crippen LogP contribution in [0, 0.1) is 6.92 Å². The van der Waals surface area contributed by atoms with Crippen LogP contribution in [0.25, 0.3) is 11.3 Å². The molecule has 0 fully saturated rings. The highest BCUT2D eigenvalue weighted by Crippen LogP contribution is 2.24. The van der Waals surface area contributed by atoms with Gasteiger partial charge in [-0.3, -0.25) is 4.79 Å². The molecule has 1 amide bonds. The Labute approximate surface area is 137 Å². The van der Waals surface area contributed by atoms with Gasteiger partial charge in [0.1, 0.15) is 5.76 Å². The van der Waals surface area contributed by atoms with Gasteiger partial charge < -0.3 is 9.73 Å². The molecule has 0 saturated heterocycles. The molecule has 2 aromatic carbocycles. The molecule has 0 radical (unpaired) electrons. The standard InChI is InChI=1S/C18H14BrNO2/c1-12-3-2-4-15(11-12)20-18(21)17-10-9-16(22-17)13-5-7-14(19)8-6-13/h2-11H,1H3,(H,20,21). The van der Waals surface area contributed by atoms with E-state index in [-0.39, 0.29) is 5.91 Å². The van der Waals surface area contributed by atoms with Crippen molar-refractivity contribution in [3.8, 4) is 11.3 Å². The van der Waals surface area contributed by atoms with Crippen molar-refractivity contribution in [2.75, 3.05) is 5.32 Å². The van der Waals surface area contributed by atoms with E-state index in [1.165, 1.54) is 0 Å². The summed E-state index contributed by atoms with van der Waals surface area (Å²) in [6, 6.07) is 18.9. The number of amides is 1. The Morgan fingerprint density at radius 3 is 2.55 bits per heavy atom. The number of furan rings is 1. The largest absolute Gasteiger partial charge is 0.451 e. The van der Waals surface area contributed by atoms with Crippen LogP contribution in [-0.4, -0.2) is 5.91 Å². The van der Waals surface area contributed by atoms with Crippen molar-refractivity contribution in [1.82, 2.24) is 0 Å². The summed E-state index contributed by atoms with van der Waals surface area (Å²) >= 11 is 3.39. The third-order valence-electron chi connectivity index (χ3n) is 3.23. The van der Waals surface area contributed by atoms with Gasteiger partial charge in [-0.1, -0.05) is 40.2 Å². The molecular weight excluding hydrogens is 342 g/mol. The average Bonchev–Trinajstić information content (AvgIpc) is 2.98. The number of carbonyl (C=O) groups excluding carboxylic acids is 1. The number of aryl methyl sites for hydroxylation is 1. The van der Waals surface area contributed by atoms with Gasteiger partial charge in [0.05, 0.1) is 0 Å². The highest BCUT2D eigenvalue weighted by Gasteiger charge is 2.12. The Balaban J connectivity index is 1.78. The van der Waals surface area contributed by atoms with Crippen molar-refractivity contribution in [2.45, 2.75) is 6.92 Å². The molecule has 0 aliphatic rings. The second kappa shape index (κ2) is 6.20. The zero-order chi connectivity index (χ0) is 15.5. The molecular formula is C18H14BrNO2. The lowest BCUT2D eigenvalue weighted by molar-refractivity contribution is 0.0997. The van der Waals surface area contributed by atoms with Crippen molar-refractivity contribution in [1.29, 1.82) is 0 Å². The van der Waals surface area contributed by atoms with E-state index in [0.29, 0.717) is 11.5 Å². The molecule has 0 bridgehead atoms. The minimum Gasteiger partial charge on any atom is -0.451 e. The third kappa shape index (κ3) is 3.28. The van der Waals surface area contributed by atoms with E-state index in [1.807, 2.05) is 55.5 Å². The quantitative estimate of drug-likeness (QED) is 0.695. The number of benzene rings is 2. The van der Waals surface area contributed by atoms with Crippen LogP contribution < -0.4 is 5.32 Å². The van der Waals surface area contributed by atoms with Crippen LogP contribution in [0.15, 0.2) is 69.6 Å². The molecule has 4 heteroatoms. The van der Waals surface area contributed by atoms with Gasteiger partial charge in [0, 0.05) is 15.7 Å². The molecule has 3 aromatic rings. The summed E-state index contributed by atoms with van der Waals surface area (Å²) in [5.41, 5.74) is 2.78. The maximum atomic E-state index is 12.2. The lowest BCUT2D eigenvalue weighted by Gasteiger charge is -2.04. The Morgan fingerprint density at radius 2 is 1.82 bits per heavy atom. The minimum absolute atomic E-state index is 0.256. The molecule has 1 N–H and O–H groups in total. The monoisotopic (exact) mass is 355 g/mol. The van der Waals surface area contributed by atoms with E-state index >= 15 is 0 Å². The number of rotatable bonds is 3. The smallest absolute Gasteiger partial charge is 0.291 e. The molecule has 3 nitrogen and oxygen atoms in total. The Bertz CT molecular complexity index is 806. The Kier molecular flexibility index (Phi) is 4.11. The third-order valence-corrected chi connectivity index (χ3v) is 3.76. The molecule has 0 spiro atoms. The molecule has 0 aliphatic heterocycles. The van der Waals surface area contributed by atoms with E-state index < -0.39 is 0 Å². The van der Waals surface area contributed by atoms with Gasteiger partial charge in [-0.05, 0) is 48.9 Å². The summed E-state index contributed by atoms with van der Waals surface area (Å²) in [5.74, 6) is 0.704. The van der Waals surface area contributed by atoms with Crippen LogP contribution in [-0.2, 0) is 0 Å². The number of hydrogen-bond donors (Lipinski definition) is 1. The normalized spacial score (nSPS) is 10.5. The molecule has 1 heterocycles. The fraction of sp³-hybridized carbons (Fsp3) is 0.0556. The molecule has 0 atom stereocenters. The zero-order valence-electron chi connectivity index (χ0n) is 12.0. The van der Waals surface area contributed by atoms with Gasteiger partial charge in [-0.15, -0.1) is 0 Å². The zero-order valence-corrected chi connectivity index (χ0v) is 13.6. The fourth-order valence-corrected chi connectivity index (χ4v) is 2.41. The summed E-state index contributed by atoms with van der Waals surface area (Å²) in [5, 5.41) is 2.83. The van der Waals surface area contributed by atoms with Crippen LogP contribution in [0.5, 0.6) is 0 Å². The van der Waals surface area contributed by atoms with Gasteiger partial charge in [0.2, 0.25) is 0 Å². The number of carbonyl (C=O) groups is 1. The number of halogens is 1. The van der Waals surface area contributed by atoms with Crippen molar-refractivity contribution < 1.29 is 9.21 Å². The van der Waals surface area contributed by atoms with Crippen molar-refractivity contribution in [2.24, 2.45) is 0 Å². The lowest BCUT2D eigenvalue weighted by Crippen LogP contribution is -2.10. The summed E-state index contributed by atoms with van der Waals surface area (Å²) in [4.78, 5) is 12.2. The Morgan fingerprint density at radius 1 is 1.05 bits per heavy atom. The van der Waals surface area contributed by atoms with Crippen LogP contribution in [0.3, 0.4) is 0 Å². The summed E-state index contributed by atoms with van der Waals surface area (Å²) in [6.07, 6.45) is 0. The first-order valence-electron chi connectivity index (χ1n) is 6.85. The van der Waals surface area contributed by atoms with E-state index in [2.05, 4.69) is 21.2 Å². The summed E-state index contributed by atoms with van der Waals surface area (Å²) in [6.45, 7) is 1.98. The van der Waals surface area contributed by atoms with Crippen LogP contribution >= 0.6 is 15.9 Å². The SMILES string of the molecule is Cc1cccc(NC(=O)c2ccc(-c3ccc(Br)cc3)o2)c1. The van der Waals surface area contributed by atoms with E-state index in [0.717, 1.165) is 21.3 Å². The highest BCUT2D eigenvalue weighted by molar-refractivity contribution is 9.10. The molecule has 0 aliphatic carbocycles. The molecule has 22 heavy (non-hydrogen) atoms. The van der Waals surface area contributed by atoms with Crippen LogP contribution in [0.2, 0.25) is 0 Å². The molecule has 110 valence electrons. The van der Waals surface area contributed by atoms with Crippen LogP contribution in [0.1, 0.15) is 16.1 Å². The molecule has 0 unspecified atom stereocenters. The molecule has 1 aromatic heterocycles. The Hall–Kier alpha value is -2.33. The first kappa shape index (κ1) is 14.6. The van der Waals surface area contributed by atoms with Crippen molar-refractivity contribution in [3.63, 3.8) is 0 Å². The number of anilines is 1. The van der Waals surface area contributed by atoms with Crippen molar-refractivity contribution in [3.05, 3.63) is 76.5 Å². The van der Waals surface area contributed by atoms with E-state index in [9.17, 15) is 4.79 Å². The van der Waals surface area contributed by atoms with Gasteiger partial charge in [-0.25, -0.2) is 0 Å². The van der Waals surface area contributed by atoms with Gasteiger partial charge in [-0.2, -0.15) is 0 Å². The summed E-state index contributed by atoms with van der Waals surface area (Å²) in [7, 11) is 0. The number of nitrogens with one attached hydrogen (secondary N) is 1.